The van der Waals surface area contributed by atoms with Crippen LogP contribution in [0.1, 0.15) is 27.2 Å². The van der Waals surface area contributed by atoms with E-state index in [4.69, 9.17) is 14.6 Å². The highest BCUT2D eigenvalue weighted by atomic mass is 16.7. The molecule has 0 aromatic rings. The van der Waals surface area contributed by atoms with Crippen LogP contribution in [0.15, 0.2) is 12.2 Å². The molecule has 16 heavy (non-hydrogen) atoms. The molecule has 1 rings (SSSR count). The van der Waals surface area contributed by atoms with E-state index in [1.54, 1.807) is 0 Å². The van der Waals surface area contributed by atoms with Gasteiger partial charge < -0.3 is 19.7 Å². The Bertz CT molecular complexity index is 249. The predicted octanol–water partition coefficient (Wildman–Crippen LogP) is 1.08. The molecule has 0 amide bonds. The van der Waals surface area contributed by atoms with Gasteiger partial charge in [0.2, 0.25) is 0 Å². The minimum absolute atomic E-state index is 0.00923. The fourth-order valence-electron chi connectivity index (χ4n) is 2.15. The molecule has 1 aliphatic heterocycles. The number of ether oxygens (including phenoxy) is 2. The van der Waals surface area contributed by atoms with Gasteiger partial charge in [-0.15, -0.1) is 0 Å². The summed E-state index contributed by atoms with van der Waals surface area (Å²) in [6, 6.07) is 0. The van der Waals surface area contributed by atoms with E-state index in [0.29, 0.717) is 13.0 Å². The first-order valence-electron chi connectivity index (χ1n) is 5.68. The summed E-state index contributed by atoms with van der Waals surface area (Å²) >= 11 is 0. The lowest BCUT2D eigenvalue weighted by molar-refractivity contribution is -0.334. The Morgan fingerprint density at radius 1 is 1.38 bits per heavy atom. The summed E-state index contributed by atoms with van der Waals surface area (Å²) in [5, 5.41) is 18.7. The molecular formula is C12H22O4. The van der Waals surface area contributed by atoms with Crippen LogP contribution in [0.2, 0.25) is 0 Å². The quantitative estimate of drug-likeness (QED) is 0.709. The number of hydrogen-bond acceptors (Lipinski definition) is 4. The minimum Gasteiger partial charge on any atom is -0.396 e. The topological polar surface area (TPSA) is 58.9 Å². The summed E-state index contributed by atoms with van der Waals surface area (Å²) in [6.07, 6.45) is 4.28. The minimum atomic E-state index is -0.733. The average Bonchev–Trinajstić information content (AvgIpc) is 2.22. The second-order valence-corrected chi connectivity index (χ2v) is 4.64. The van der Waals surface area contributed by atoms with Crippen molar-refractivity contribution in [3.8, 4) is 0 Å². The maximum atomic E-state index is 9.58. The van der Waals surface area contributed by atoms with E-state index in [2.05, 4.69) is 0 Å². The zero-order chi connectivity index (χ0) is 12.2. The molecule has 0 radical (unpaired) electrons. The van der Waals surface area contributed by atoms with Crippen molar-refractivity contribution in [3.63, 3.8) is 0 Å². The number of aliphatic hydroxyl groups excluding tert-OH is 2. The Labute approximate surface area is 96.9 Å². The predicted molar refractivity (Wildman–Crippen MR) is 60.9 cm³/mol. The van der Waals surface area contributed by atoms with Gasteiger partial charge in [-0.25, -0.2) is 0 Å². The molecule has 2 atom stereocenters. The molecule has 1 unspecified atom stereocenters. The summed E-state index contributed by atoms with van der Waals surface area (Å²) in [5.74, 6) is -0.738. The molecule has 94 valence electrons. The first-order chi connectivity index (χ1) is 7.49. The molecule has 1 saturated heterocycles. The number of allylic oxidation sites excluding steroid dienone is 1. The van der Waals surface area contributed by atoms with Gasteiger partial charge >= 0.3 is 0 Å². The molecule has 0 aromatic carbocycles. The molecule has 1 fully saturated rings. The van der Waals surface area contributed by atoms with Crippen molar-refractivity contribution in [2.45, 2.75) is 38.6 Å². The van der Waals surface area contributed by atoms with E-state index >= 15 is 0 Å². The van der Waals surface area contributed by atoms with Gasteiger partial charge in [0.05, 0.1) is 13.2 Å². The molecule has 2 N–H and O–H groups in total. The number of rotatable bonds is 4. The van der Waals surface area contributed by atoms with Gasteiger partial charge in [-0.2, -0.15) is 0 Å². The Morgan fingerprint density at radius 2 is 2.06 bits per heavy atom. The van der Waals surface area contributed by atoms with E-state index in [1.807, 2.05) is 32.9 Å². The summed E-state index contributed by atoms with van der Waals surface area (Å²) in [5.41, 5.74) is -0.733. The SMILES string of the molecule is C/C=C/[C@@H]1COC(C)(C)OC1(CO)CCO. The van der Waals surface area contributed by atoms with Crippen molar-refractivity contribution < 1.29 is 19.7 Å². The molecule has 0 bridgehead atoms. The maximum Gasteiger partial charge on any atom is 0.163 e. The highest BCUT2D eigenvalue weighted by Gasteiger charge is 2.46. The Hall–Kier alpha value is -0.420. The van der Waals surface area contributed by atoms with E-state index in [9.17, 15) is 5.11 Å². The zero-order valence-electron chi connectivity index (χ0n) is 10.3. The second-order valence-electron chi connectivity index (χ2n) is 4.64. The molecule has 0 aromatic heterocycles. The summed E-state index contributed by atoms with van der Waals surface area (Å²) in [6.45, 7) is 5.93. The molecular weight excluding hydrogens is 208 g/mol. The van der Waals surface area contributed by atoms with Crippen molar-refractivity contribution in [3.05, 3.63) is 12.2 Å². The summed E-state index contributed by atoms with van der Waals surface area (Å²) in [7, 11) is 0. The summed E-state index contributed by atoms with van der Waals surface area (Å²) in [4.78, 5) is 0. The fourth-order valence-corrected chi connectivity index (χ4v) is 2.15. The van der Waals surface area contributed by atoms with Crippen LogP contribution < -0.4 is 0 Å². The summed E-state index contributed by atoms with van der Waals surface area (Å²) < 4.78 is 11.4. The fraction of sp³-hybridized carbons (Fsp3) is 0.833. The van der Waals surface area contributed by atoms with Crippen molar-refractivity contribution in [1.29, 1.82) is 0 Å². The zero-order valence-corrected chi connectivity index (χ0v) is 10.3. The monoisotopic (exact) mass is 230 g/mol. The lowest BCUT2D eigenvalue weighted by atomic mass is 9.83. The smallest absolute Gasteiger partial charge is 0.163 e. The molecule has 0 saturated carbocycles. The van der Waals surface area contributed by atoms with Gasteiger partial charge in [-0.05, 0) is 20.8 Å². The van der Waals surface area contributed by atoms with Crippen molar-refractivity contribution >= 4 is 0 Å². The number of hydrogen-bond donors (Lipinski definition) is 2. The van der Waals surface area contributed by atoms with E-state index < -0.39 is 11.4 Å². The molecule has 1 aliphatic rings. The lowest BCUT2D eigenvalue weighted by Crippen LogP contribution is -2.57. The number of aliphatic hydroxyl groups is 2. The van der Waals surface area contributed by atoms with Crippen LogP contribution in [0.25, 0.3) is 0 Å². The van der Waals surface area contributed by atoms with E-state index in [0.717, 1.165) is 0 Å². The van der Waals surface area contributed by atoms with Gasteiger partial charge in [0.15, 0.2) is 5.79 Å². The van der Waals surface area contributed by atoms with Gasteiger partial charge in [-0.3, -0.25) is 0 Å². The van der Waals surface area contributed by atoms with Gasteiger partial charge in [0, 0.05) is 18.9 Å². The Kier molecular flexibility index (Phi) is 4.50. The van der Waals surface area contributed by atoms with Gasteiger partial charge in [0.25, 0.3) is 0 Å². The standard InChI is InChI=1S/C12H22O4/c1-4-5-10-8-15-11(2,3)16-12(10,9-14)6-7-13/h4-5,10,13-14H,6-9H2,1-3H3/b5-4+/t10-,12?/m1/s1. The molecule has 0 spiro atoms. The van der Waals surface area contributed by atoms with Gasteiger partial charge in [0.1, 0.15) is 5.60 Å². The first kappa shape index (κ1) is 13.6. The highest BCUT2D eigenvalue weighted by molar-refractivity contribution is 5.02. The van der Waals surface area contributed by atoms with E-state index in [-0.39, 0.29) is 19.1 Å². The highest BCUT2D eigenvalue weighted by Crippen LogP contribution is 2.37. The maximum absolute atomic E-state index is 9.58. The van der Waals surface area contributed by atoms with E-state index in [1.165, 1.54) is 0 Å². The molecule has 4 heteroatoms. The van der Waals surface area contributed by atoms with Crippen LogP contribution in [0.4, 0.5) is 0 Å². The Balaban J connectivity index is 2.92. The van der Waals surface area contributed by atoms with Crippen molar-refractivity contribution in [2.24, 2.45) is 5.92 Å². The van der Waals surface area contributed by atoms with Crippen molar-refractivity contribution in [2.75, 3.05) is 19.8 Å². The molecule has 0 aliphatic carbocycles. The molecule has 4 nitrogen and oxygen atoms in total. The third-order valence-electron chi connectivity index (χ3n) is 2.96. The molecule has 1 heterocycles. The first-order valence-corrected chi connectivity index (χ1v) is 5.68. The third kappa shape index (κ3) is 2.83. The Morgan fingerprint density at radius 3 is 2.56 bits per heavy atom. The average molecular weight is 230 g/mol. The van der Waals surface area contributed by atoms with Crippen molar-refractivity contribution in [1.82, 2.24) is 0 Å². The normalized spacial score (nSPS) is 34.4. The second kappa shape index (κ2) is 5.27. The lowest BCUT2D eigenvalue weighted by Gasteiger charge is -2.48. The van der Waals surface area contributed by atoms with Crippen LogP contribution >= 0.6 is 0 Å². The van der Waals surface area contributed by atoms with Gasteiger partial charge in [-0.1, -0.05) is 12.2 Å². The van der Waals surface area contributed by atoms with Crippen LogP contribution in [0.5, 0.6) is 0 Å². The van der Waals surface area contributed by atoms with Crippen LogP contribution in [0, 0.1) is 5.92 Å². The van der Waals surface area contributed by atoms with Crippen LogP contribution in [-0.2, 0) is 9.47 Å². The van der Waals surface area contributed by atoms with Crippen LogP contribution in [0.3, 0.4) is 0 Å². The largest absolute Gasteiger partial charge is 0.396 e. The van der Waals surface area contributed by atoms with Crippen LogP contribution in [-0.4, -0.2) is 41.4 Å². The third-order valence-corrected chi connectivity index (χ3v) is 2.96.